The number of halogens is 1. The number of benzene rings is 3. The number of aryl methyl sites for hydroxylation is 2. The van der Waals surface area contributed by atoms with Crippen LogP contribution in [0.15, 0.2) is 78.2 Å². The number of thioether (sulfide) groups is 1. The lowest BCUT2D eigenvalue weighted by atomic mass is 10.1. The molecule has 0 aliphatic carbocycles. The largest absolute Gasteiger partial charge is 0.319 e. The number of rotatable bonds is 7. The Morgan fingerprint density at radius 3 is 2.59 bits per heavy atom. The summed E-state index contributed by atoms with van der Waals surface area (Å²) >= 11 is 7.49. The zero-order valence-corrected chi connectivity index (χ0v) is 19.9. The molecular formula is C24H20ClN5O3S. The lowest BCUT2D eigenvalue weighted by Gasteiger charge is -2.17. The summed E-state index contributed by atoms with van der Waals surface area (Å²) in [5.74, 6) is -0.417. The zero-order chi connectivity index (χ0) is 24.2. The second kappa shape index (κ2) is 10.1. The highest BCUT2D eigenvalue weighted by Crippen LogP contribution is 2.37. The first-order valence-corrected chi connectivity index (χ1v) is 11.5. The zero-order valence-electron chi connectivity index (χ0n) is 18.3. The third-order valence-corrected chi connectivity index (χ3v) is 6.74. The number of nitro groups is 1. The summed E-state index contributed by atoms with van der Waals surface area (Å²) in [6.45, 7) is 3.67. The molecule has 0 spiro atoms. The highest BCUT2D eigenvalue weighted by molar-refractivity contribution is 8.00. The van der Waals surface area contributed by atoms with E-state index in [0.29, 0.717) is 10.2 Å². The minimum atomic E-state index is -0.744. The second-order valence-corrected chi connectivity index (χ2v) is 9.07. The summed E-state index contributed by atoms with van der Waals surface area (Å²) < 4.78 is 1.74. The number of anilines is 1. The highest BCUT2D eigenvalue weighted by atomic mass is 35.5. The van der Waals surface area contributed by atoms with Crippen LogP contribution in [0.1, 0.15) is 21.9 Å². The van der Waals surface area contributed by atoms with Gasteiger partial charge in [-0.25, -0.2) is 0 Å². The predicted octanol–water partition coefficient (Wildman–Crippen LogP) is 5.92. The molecular weight excluding hydrogens is 474 g/mol. The summed E-state index contributed by atoms with van der Waals surface area (Å²) in [6.07, 6.45) is 1.55. The van der Waals surface area contributed by atoms with Gasteiger partial charge in [0.15, 0.2) is 5.16 Å². The molecule has 0 saturated carbocycles. The predicted molar refractivity (Wildman–Crippen MR) is 133 cm³/mol. The SMILES string of the molecule is Cc1ccc(NC(=O)C(Sc2nncn2-c2ccc(C)c(Cl)c2)c2ccccc2)c([N+](=O)[O-])c1. The van der Waals surface area contributed by atoms with Crippen LogP contribution in [-0.2, 0) is 4.79 Å². The minimum Gasteiger partial charge on any atom is -0.319 e. The Bertz CT molecular complexity index is 1360. The van der Waals surface area contributed by atoms with Gasteiger partial charge in [-0.2, -0.15) is 0 Å². The standard InChI is InChI=1S/C24H20ClN5O3S/c1-15-8-11-20(21(12-15)30(32)33)27-23(31)22(17-6-4-3-5-7-17)34-24-28-26-14-29(24)18-10-9-16(2)19(25)13-18/h3-14,22H,1-2H3,(H,27,31). The van der Waals surface area contributed by atoms with Gasteiger partial charge in [-0.05, 0) is 48.7 Å². The fourth-order valence-corrected chi connectivity index (χ4v) is 4.52. The molecule has 1 N–H and O–H groups in total. The number of hydrogen-bond donors (Lipinski definition) is 1. The van der Waals surface area contributed by atoms with Gasteiger partial charge in [-0.3, -0.25) is 19.5 Å². The molecule has 0 aliphatic heterocycles. The van der Waals surface area contributed by atoms with Crippen LogP contribution < -0.4 is 5.32 Å². The number of hydrogen-bond acceptors (Lipinski definition) is 6. The van der Waals surface area contributed by atoms with Crippen LogP contribution in [-0.4, -0.2) is 25.6 Å². The van der Waals surface area contributed by atoms with Crippen molar-refractivity contribution in [1.82, 2.24) is 14.8 Å². The summed E-state index contributed by atoms with van der Waals surface area (Å²) in [5, 5.41) is 22.8. The van der Waals surface area contributed by atoms with Gasteiger partial charge >= 0.3 is 0 Å². The van der Waals surface area contributed by atoms with Crippen molar-refractivity contribution in [3.63, 3.8) is 0 Å². The number of nitrogens with zero attached hydrogens (tertiary/aromatic N) is 4. The monoisotopic (exact) mass is 493 g/mol. The van der Waals surface area contributed by atoms with Crippen LogP contribution in [0, 0.1) is 24.0 Å². The van der Waals surface area contributed by atoms with Crippen molar-refractivity contribution in [2.24, 2.45) is 0 Å². The molecule has 8 nitrogen and oxygen atoms in total. The van der Waals surface area contributed by atoms with E-state index in [2.05, 4.69) is 15.5 Å². The number of amides is 1. The number of nitrogens with one attached hydrogen (secondary N) is 1. The lowest BCUT2D eigenvalue weighted by molar-refractivity contribution is -0.384. The van der Waals surface area contributed by atoms with Crippen molar-refractivity contribution in [2.75, 3.05) is 5.32 Å². The molecule has 1 amide bonds. The maximum Gasteiger partial charge on any atom is 0.293 e. The molecule has 0 radical (unpaired) electrons. The smallest absolute Gasteiger partial charge is 0.293 e. The minimum absolute atomic E-state index is 0.133. The van der Waals surface area contributed by atoms with Crippen molar-refractivity contribution in [3.8, 4) is 5.69 Å². The van der Waals surface area contributed by atoms with Crippen molar-refractivity contribution in [3.05, 3.63) is 105 Å². The molecule has 3 aromatic carbocycles. The van der Waals surface area contributed by atoms with Crippen molar-refractivity contribution < 1.29 is 9.72 Å². The van der Waals surface area contributed by atoms with E-state index in [0.717, 1.165) is 22.4 Å². The lowest BCUT2D eigenvalue weighted by Crippen LogP contribution is -2.20. The summed E-state index contributed by atoms with van der Waals surface area (Å²) in [5.41, 5.74) is 3.11. The Labute approximate surface area is 205 Å². The average molecular weight is 494 g/mol. The van der Waals surface area contributed by atoms with E-state index in [1.54, 1.807) is 30.0 Å². The summed E-state index contributed by atoms with van der Waals surface area (Å²) in [6, 6.07) is 19.4. The van der Waals surface area contributed by atoms with Crippen molar-refractivity contribution in [2.45, 2.75) is 24.3 Å². The van der Waals surface area contributed by atoms with E-state index >= 15 is 0 Å². The number of carbonyl (C=O) groups excluding carboxylic acids is 1. The van der Waals surface area contributed by atoms with Gasteiger partial charge in [0.2, 0.25) is 5.91 Å². The van der Waals surface area contributed by atoms with Gasteiger partial charge in [-0.15, -0.1) is 10.2 Å². The molecule has 1 aromatic heterocycles. The van der Waals surface area contributed by atoms with Crippen LogP contribution in [0.3, 0.4) is 0 Å². The third-order valence-electron chi connectivity index (χ3n) is 5.12. The van der Waals surface area contributed by atoms with Crippen LogP contribution >= 0.6 is 23.4 Å². The third kappa shape index (κ3) is 5.11. The number of carbonyl (C=O) groups is 1. The molecule has 172 valence electrons. The first kappa shape index (κ1) is 23.5. The Kier molecular flexibility index (Phi) is 6.95. The Morgan fingerprint density at radius 2 is 1.88 bits per heavy atom. The van der Waals surface area contributed by atoms with E-state index in [1.807, 2.05) is 49.4 Å². The molecule has 1 heterocycles. The van der Waals surface area contributed by atoms with Crippen LogP contribution in [0.2, 0.25) is 5.02 Å². The normalized spacial score (nSPS) is 11.7. The van der Waals surface area contributed by atoms with Gasteiger partial charge in [0, 0.05) is 11.1 Å². The number of aromatic nitrogens is 3. The molecule has 34 heavy (non-hydrogen) atoms. The Balaban J connectivity index is 1.68. The summed E-state index contributed by atoms with van der Waals surface area (Å²) in [7, 11) is 0. The molecule has 0 saturated heterocycles. The molecule has 10 heteroatoms. The van der Waals surface area contributed by atoms with E-state index in [4.69, 9.17) is 11.6 Å². The molecule has 0 aliphatic rings. The molecule has 4 rings (SSSR count). The quantitative estimate of drug-likeness (QED) is 0.195. The Hall–Kier alpha value is -3.69. The molecule has 4 aromatic rings. The fourth-order valence-electron chi connectivity index (χ4n) is 3.32. The Morgan fingerprint density at radius 1 is 1.12 bits per heavy atom. The topological polar surface area (TPSA) is 103 Å². The molecule has 0 bridgehead atoms. The van der Waals surface area contributed by atoms with Gasteiger partial charge in [-0.1, -0.05) is 65.8 Å². The van der Waals surface area contributed by atoms with E-state index in [-0.39, 0.29) is 11.4 Å². The van der Waals surface area contributed by atoms with Crippen LogP contribution in [0.5, 0.6) is 0 Å². The highest BCUT2D eigenvalue weighted by Gasteiger charge is 2.27. The maximum atomic E-state index is 13.4. The fraction of sp³-hybridized carbons (Fsp3) is 0.125. The van der Waals surface area contributed by atoms with Crippen molar-refractivity contribution in [1.29, 1.82) is 0 Å². The van der Waals surface area contributed by atoms with E-state index in [1.165, 1.54) is 23.9 Å². The number of nitro benzene ring substituents is 1. The van der Waals surface area contributed by atoms with Gasteiger partial charge in [0.1, 0.15) is 17.3 Å². The summed E-state index contributed by atoms with van der Waals surface area (Å²) in [4.78, 5) is 24.4. The van der Waals surface area contributed by atoms with Gasteiger partial charge in [0.05, 0.1) is 10.6 Å². The van der Waals surface area contributed by atoms with Gasteiger partial charge in [0.25, 0.3) is 5.69 Å². The first-order chi connectivity index (χ1) is 16.3. The average Bonchev–Trinajstić information content (AvgIpc) is 3.29. The van der Waals surface area contributed by atoms with Crippen LogP contribution in [0.25, 0.3) is 5.69 Å². The molecule has 1 unspecified atom stereocenters. The van der Waals surface area contributed by atoms with E-state index in [9.17, 15) is 14.9 Å². The maximum absolute atomic E-state index is 13.4. The van der Waals surface area contributed by atoms with Gasteiger partial charge < -0.3 is 5.32 Å². The second-order valence-electron chi connectivity index (χ2n) is 7.59. The van der Waals surface area contributed by atoms with Crippen LogP contribution in [0.4, 0.5) is 11.4 Å². The molecule has 1 atom stereocenters. The first-order valence-electron chi connectivity index (χ1n) is 10.3. The van der Waals surface area contributed by atoms with E-state index < -0.39 is 16.1 Å². The van der Waals surface area contributed by atoms with Crippen molar-refractivity contribution >= 4 is 40.6 Å². The molecule has 0 fully saturated rings.